The Morgan fingerprint density at radius 3 is 2.62 bits per heavy atom. The van der Waals surface area contributed by atoms with Gasteiger partial charge in [0, 0.05) is 19.3 Å². The van der Waals surface area contributed by atoms with Crippen molar-refractivity contribution in [3.8, 4) is 0 Å². The number of nitrogens with zero attached hydrogens (tertiary/aromatic N) is 1. The minimum Gasteiger partial charge on any atom is -0.460 e. The number of hydrogen-bond acceptors (Lipinski definition) is 4. The van der Waals surface area contributed by atoms with Gasteiger partial charge < -0.3 is 4.74 Å². The smallest absolute Gasteiger partial charge is 0.332 e. The maximum Gasteiger partial charge on any atom is 0.332 e. The van der Waals surface area contributed by atoms with E-state index < -0.39 is 5.97 Å². The molecule has 0 aromatic carbocycles. The molecule has 0 unspecified atom stereocenters. The Labute approximate surface area is 77.8 Å². The van der Waals surface area contributed by atoms with E-state index in [1.165, 1.54) is 17.3 Å². The van der Waals surface area contributed by atoms with Gasteiger partial charge in [-0.05, 0) is 13.8 Å². The zero-order valence-corrected chi connectivity index (χ0v) is 8.07. The molecule has 0 spiro atoms. The van der Waals surface area contributed by atoms with Crippen LogP contribution in [-0.2, 0) is 9.53 Å². The van der Waals surface area contributed by atoms with E-state index in [0.717, 1.165) is 6.34 Å². The van der Waals surface area contributed by atoms with Gasteiger partial charge in [-0.1, -0.05) is 0 Å². The summed E-state index contributed by atoms with van der Waals surface area (Å²) in [4.78, 5) is 11.0. The molecule has 5 heteroatoms. The molecule has 0 aliphatic heterocycles. The predicted molar refractivity (Wildman–Crippen MR) is 50.1 cm³/mol. The van der Waals surface area contributed by atoms with E-state index in [2.05, 4.69) is 5.43 Å². The van der Waals surface area contributed by atoms with E-state index in [1.807, 2.05) is 0 Å². The summed E-state index contributed by atoms with van der Waals surface area (Å²) in [5.74, 6) is -0.419. The number of ether oxygens (including phenoxy) is 1. The summed E-state index contributed by atoms with van der Waals surface area (Å²) in [6, 6.07) is 0. The van der Waals surface area contributed by atoms with Crippen molar-refractivity contribution < 1.29 is 9.53 Å². The fourth-order valence-corrected chi connectivity index (χ4v) is 0.595. The molecule has 0 aliphatic rings. The molecule has 0 atom stereocenters. The number of hydrazine groups is 1. The van der Waals surface area contributed by atoms with Gasteiger partial charge in [-0.15, -0.1) is 0 Å². The summed E-state index contributed by atoms with van der Waals surface area (Å²) in [6.45, 7) is 3.55. The van der Waals surface area contributed by atoms with E-state index in [1.54, 1.807) is 20.9 Å². The van der Waals surface area contributed by atoms with Crippen LogP contribution < -0.4 is 5.43 Å². The highest BCUT2D eigenvalue weighted by atomic mass is 16.5. The van der Waals surface area contributed by atoms with E-state index in [-0.39, 0.29) is 6.10 Å². The maximum absolute atomic E-state index is 11.0. The Bertz CT molecular complexity index is 202. The fourth-order valence-electron chi connectivity index (χ4n) is 0.595. The van der Waals surface area contributed by atoms with E-state index in [9.17, 15) is 4.79 Å². The largest absolute Gasteiger partial charge is 0.460 e. The molecule has 0 heterocycles. The van der Waals surface area contributed by atoms with Crippen molar-refractivity contribution >= 4 is 12.3 Å². The third-order valence-corrected chi connectivity index (χ3v) is 1.12. The molecule has 0 aromatic heterocycles. The molecule has 0 radical (unpaired) electrons. The van der Waals surface area contributed by atoms with Crippen LogP contribution in [0.4, 0.5) is 0 Å². The van der Waals surface area contributed by atoms with Crippen LogP contribution in [-0.4, -0.2) is 30.5 Å². The summed E-state index contributed by atoms with van der Waals surface area (Å²) >= 11 is 0. The van der Waals surface area contributed by atoms with Crippen LogP contribution in [0.25, 0.3) is 0 Å². The van der Waals surface area contributed by atoms with Gasteiger partial charge in [0.05, 0.1) is 6.10 Å². The summed E-state index contributed by atoms with van der Waals surface area (Å²) < 4.78 is 4.83. The molecule has 0 saturated carbocycles. The zero-order valence-electron chi connectivity index (χ0n) is 8.07. The van der Waals surface area contributed by atoms with Crippen LogP contribution in [0.2, 0.25) is 0 Å². The van der Waals surface area contributed by atoms with Gasteiger partial charge in [0.15, 0.2) is 0 Å². The number of esters is 1. The van der Waals surface area contributed by atoms with E-state index in [0.29, 0.717) is 0 Å². The molecular formula is C8H15N3O2. The highest BCUT2D eigenvalue weighted by molar-refractivity contribution is 5.82. The van der Waals surface area contributed by atoms with E-state index in [4.69, 9.17) is 10.1 Å². The minimum atomic E-state index is -0.419. The lowest BCUT2D eigenvalue weighted by Gasteiger charge is -2.10. The first-order valence-corrected chi connectivity index (χ1v) is 3.95. The van der Waals surface area contributed by atoms with Gasteiger partial charge in [0.2, 0.25) is 0 Å². The molecule has 2 N–H and O–H groups in total. The Morgan fingerprint density at radius 2 is 2.23 bits per heavy atom. The van der Waals surface area contributed by atoms with Gasteiger partial charge in [0.25, 0.3) is 0 Å². The lowest BCUT2D eigenvalue weighted by molar-refractivity contribution is -0.141. The van der Waals surface area contributed by atoms with Gasteiger partial charge in [-0.2, -0.15) is 0 Å². The molecule has 13 heavy (non-hydrogen) atoms. The Morgan fingerprint density at radius 1 is 1.62 bits per heavy atom. The molecule has 0 amide bonds. The standard InChI is InChI=1S/C8H15N3O2/c1-7(2)13-8(12)4-5-11(6-9)10-3/h4-7,9-10H,1-3H3/b5-4-,9-6?. The number of carbonyl (C=O) groups excluding carboxylic acids is 1. The van der Waals surface area contributed by atoms with Crippen LogP contribution in [0.1, 0.15) is 13.8 Å². The summed E-state index contributed by atoms with van der Waals surface area (Å²) in [5, 5.41) is 8.20. The van der Waals surface area contributed by atoms with Gasteiger partial charge in [-0.25, -0.2) is 10.2 Å². The number of hydrogen-bond donors (Lipinski definition) is 2. The summed E-state index contributed by atoms with van der Waals surface area (Å²) in [5.41, 5.74) is 2.66. The van der Waals surface area contributed by atoms with Crippen molar-refractivity contribution in [2.75, 3.05) is 7.05 Å². The molecule has 0 saturated heterocycles. The first-order valence-electron chi connectivity index (χ1n) is 3.95. The normalized spacial score (nSPS) is 10.5. The first-order chi connectivity index (χ1) is 6.10. The monoisotopic (exact) mass is 185 g/mol. The number of carbonyl (C=O) groups is 1. The quantitative estimate of drug-likeness (QED) is 0.215. The molecule has 0 rings (SSSR count). The van der Waals surface area contributed by atoms with Crippen LogP contribution >= 0.6 is 0 Å². The topological polar surface area (TPSA) is 65.4 Å². The van der Waals surface area contributed by atoms with Crippen LogP contribution in [0.5, 0.6) is 0 Å². The second-order valence-electron chi connectivity index (χ2n) is 2.56. The van der Waals surface area contributed by atoms with Crippen molar-refractivity contribution in [3.63, 3.8) is 0 Å². The van der Waals surface area contributed by atoms with Crippen LogP contribution in [0.15, 0.2) is 12.3 Å². The van der Waals surface area contributed by atoms with Crippen LogP contribution in [0, 0.1) is 5.41 Å². The Balaban J connectivity index is 3.95. The molecule has 0 bridgehead atoms. The molecule has 0 fully saturated rings. The molecule has 5 nitrogen and oxygen atoms in total. The maximum atomic E-state index is 11.0. The zero-order chi connectivity index (χ0) is 10.3. The highest BCUT2D eigenvalue weighted by Crippen LogP contribution is 1.90. The average Bonchev–Trinajstić information content (AvgIpc) is 2.05. The van der Waals surface area contributed by atoms with E-state index >= 15 is 0 Å². The highest BCUT2D eigenvalue weighted by Gasteiger charge is 1.99. The second-order valence-corrected chi connectivity index (χ2v) is 2.56. The summed E-state index contributed by atoms with van der Waals surface area (Å²) in [6.07, 6.45) is 3.58. The number of rotatable bonds is 5. The van der Waals surface area contributed by atoms with Crippen molar-refractivity contribution in [3.05, 3.63) is 12.3 Å². The predicted octanol–water partition coefficient (Wildman–Crippen LogP) is 0.495. The SMILES string of the molecule is CNN(C=N)/C=C\C(=O)OC(C)C. The van der Waals surface area contributed by atoms with Crippen molar-refractivity contribution in [1.82, 2.24) is 10.4 Å². The molecule has 0 aromatic rings. The molecular weight excluding hydrogens is 170 g/mol. The van der Waals surface area contributed by atoms with Crippen molar-refractivity contribution in [1.29, 1.82) is 5.41 Å². The van der Waals surface area contributed by atoms with Gasteiger partial charge >= 0.3 is 5.97 Å². The Hall–Kier alpha value is -1.36. The second kappa shape index (κ2) is 6.19. The molecule has 0 aliphatic carbocycles. The lowest BCUT2D eigenvalue weighted by atomic mass is 10.5. The van der Waals surface area contributed by atoms with Crippen molar-refractivity contribution in [2.24, 2.45) is 0 Å². The molecule has 74 valence electrons. The average molecular weight is 185 g/mol. The third kappa shape index (κ3) is 5.86. The minimum absolute atomic E-state index is 0.125. The third-order valence-electron chi connectivity index (χ3n) is 1.12. The van der Waals surface area contributed by atoms with Gasteiger partial charge in [-0.3, -0.25) is 10.4 Å². The fraction of sp³-hybridized carbons (Fsp3) is 0.500. The lowest BCUT2D eigenvalue weighted by Crippen LogP contribution is -2.28. The van der Waals surface area contributed by atoms with Crippen LogP contribution in [0.3, 0.4) is 0 Å². The summed E-state index contributed by atoms with van der Waals surface area (Å²) in [7, 11) is 1.64. The van der Waals surface area contributed by atoms with Crippen molar-refractivity contribution in [2.45, 2.75) is 20.0 Å². The Kier molecular flexibility index (Phi) is 5.54. The number of nitrogens with one attached hydrogen (secondary N) is 2. The first kappa shape index (κ1) is 11.6. The van der Waals surface area contributed by atoms with Gasteiger partial charge in [0.1, 0.15) is 6.34 Å².